The second-order valence-electron chi connectivity index (χ2n) is 9.84. The number of ether oxygens (including phenoxy) is 1. The smallest absolute Gasteiger partial charge is 0.295 e. The van der Waals surface area contributed by atoms with E-state index in [1.807, 2.05) is 49.4 Å². The molecule has 1 aliphatic heterocycles. The molecule has 1 atom stereocenters. The standard InChI is InChI=1S/C29H30N2O4/c1-18-9-10-21(29(2,3)4)16-23(18)26(32)24-25(20-11-13-30-14-12-20)31(28(34)27(24)33)17-19-7-6-8-22(15-19)35-5/h6-16,25,32H,17H2,1-5H3/b26-24+. The second-order valence-corrected chi connectivity index (χ2v) is 9.84. The third-order valence-corrected chi connectivity index (χ3v) is 6.41. The molecule has 2 heterocycles. The summed E-state index contributed by atoms with van der Waals surface area (Å²) in [4.78, 5) is 32.2. The monoisotopic (exact) mass is 470 g/mol. The molecule has 0 bridgehead atoms. The third kappa shape index (κ3) is 4.69. The van der Waals surface area contributed by atoms with Gasteiger partial charge >= 0.3 is 0 Å². The molecule has 180 valence electrons. The molecule has 1 unspecified atom stereocenters. The number of pyridine rings is 1. The van der Waals surface area contributed by atoms with Gasteiger partial charge in [-0.3, -0.25) is 14.6 Å². The van der Waals surface area contributed by atoms with Crippen molar-refractivity contribution in [3.8, 4) is 5.75 Å². The number of aliphatic hydroxyl groups is 1. The average molecular weight is 471 g/mol. The van der Waals surface area contributed by atoms with Gasteiger partial charge in [-0.15, -0.1) is 0 Å². The number of ketones is 1. The number of hydrogen-bond acceptors (Lipinski definition) is 5. The van der Waals surface area contributed by atoms with Crippen LogP contribution in [-0.4, -0.2) is 33.8 Å². The highest BCUT2D eigenvalue weighted by atomic mass is 16.5. The molecular weight excluding hydrogens is 440 g/mol. The molecule has 1 aromatic heterocycles. The Bertz CT molecular complexity index is 1310. The maximum Gasteiger partial charge on any atom is 0.295 e. The Labute approximate surface area is 205 Å². The van der Waals surface area contributed by atoms with Gasteiger partial charge in [0, 0.05) is 24.5 Å². The minimum absolute atomic E-state index is 0.0817. The zero-order valence-electron chi connectivity index (χ0n) is 20.7. The van der Waals surface area contributed by atoms with E-state index in [9.17, 15) is 14.7 Å². The highest BCUT2D eigenvalue weighted by Crippen LogP contribution is 2.41. The fraction of sp³-hybridized carbons (Fsp3) is 0.276. The molecule has 1 amide bonds. The molecule has 0 radical (unpaired) electrons. The van der Waals surface area contributed by atoms with Crippen molar-refractivity contribution < 1.29 is 19.4 Å². The molecule has 35 heavy (non-hydrogen) atoms. The van der Waals surface area contributed by atoms with Gasteiger partial charge in [-0.2, -0.15) is 0 Å². The minimum atomic E-state index is -0.748. The van der Waals surface area contributed by atoms with E-state index >= 15 is 0 Å². The number of nitrogens with zero attached hydrogens (tertiary/aromatic N) is 2. The molecule has 1 fully saturated rings. The SMILES string of the molecule is COc1cccc(CN2C(=O)C(=O)/C(=C(/O)c3cc(C(C)(C)C)ccc3C)C2c2ccncc2)c1. The summed E-state index contributed by atoms with van der Waals surface area (Å²) in [7, 11) is 1.58. The number of aliphatic hydroxyl groups excluding tert-OH is 1. The van der Waals surface area contributed by atoms with E-state index in [1.165, 1.54) is 4.90 Å². The first-order valence-corrected chi connectivity index (χ1v) is 11.5. The average Bonchev–Trinajstić information content (AvgIpc) is 3.08. The van der Waals surface area contributed by atoms with E-state index in [4.69, 9.17) is 4.74 Å². The quantitative estimate of drug-likeness (QED) is 0.310. The van der Waals surface area contributed by atoms with Crippen molar-refractivity contribution in [3.05, 3.63) is 100 Å². The lowest BCUT2D eigenvalue weighted by Crippen LogP contribution is -2.29. The highest BCUT2D eigenvalue weighted by Gasteiger charge is 2.46. The molecule has 1 N–H and O–H groups in total. The Kier molecular flexibility index (Phi) is 6.48. The summed E-state index contributed by atoms with van der Waals surface area (Å²) in [5.41, 5.74) is 3.85. The maximum atomic E-state index is 13.4. The van der Waals surface area contributed by atoms with E-state index in [0.717, 1.165) is 16.7 Å². The predicted octanol–water partition coefficient (Wildman–Crippen LogP) is 5.32. The van der Waals surface area contributed by atoms with Gasteiger partial charge in [0.1, 0.15) is 11.5 Å². The number of benzene rings is 2. The van der Waals surface area contributed by atoms with Gasteiger partial charge < -0.3 is 14.7 Å². The summed E-state index contributed by atoms with van der Waals surface area (Å²) in [6.07, 6.45) is 3.24. The van der Waals surface area contributed by atoms with Crippen LogP contribution in [0.5, 0.6) is 5.75 Å². The van der Waals surface area contributed by atoms with E-state index in [2.05, 4.69) is 25.8 Å². The van der Waals surface area contributed by atoms with Crippen molar-refractivity contribution in [1.29, 1.82) is 0 Å². The second kappa shape index (κ2) is 9.37. The first-order chi connectivity index (χ1) is 16.6. The minimum Gasteiger partial charge on any atom is -0.507 e. The Morgan fingerprint density at radius 1 is 1.06 bits per heavy atom. The molecule has 4 rings (SSSR count). The molecule has 6 nitrogen and oxygen atoms in total. The number of methoxy groups -OCH3 is 1. The lowest BCUT2D eigenvalue weighted by molar-refractivity contribution is -0.140. The number of amides is 1. The van der Waals surface area contributed by atoms with Crippen molar-refractivity contribution in [3.63, 3.8) is 0 Å². The van der Waals surface area contributed by atoms with E-state index in [0.29, 0.717) is 16.9 Å². The van der Waals surface area contributed by atoms with Gasteiger partial charge in [0.05, 0.1) is 18.7 Å². The fourth-order valence-electron chi connectivity index (χ4n) is 4.39. The first kappa shape index (κ1) is 24.2. The van der Waals surface area contributed by atoms with Crippen molar-refractivity contribution >= 4 is 17.4 Å². The van der Waals surface area contributed by atoms with Crippen LogP contribution in [0.25, 0.3) is 5.76 Å². The number of Topliss-reactive ketones (excluding diaryl/α,β-unsaturated/α-hetero) is 1. The molecule has 0 aliphatic carbocycles. The van der Waals surface area contributed by atoms with Crippen LogP contribution in [0.4, 0.5) is 0 Å². The molecule has 6 heteroatoms. The summed E-state index contributed by atoms with van der Waals surface area (Å²) < 4.78 is 5.32. The van der Waals surface area contributed by atoms with Gasteiger partial charge in [-0.05, 0) is 64.9 Å². The molecule has 1 saturated heterocycles. The Morgan fingerprint density at radius 2 is 1.77 bits per heavy atom. The van der Waals surface area contributed by atoms with Crippen molar-refractivity contribution in [1.82, 2.24) is 9.88 Å². The highest BCUT2D eigenvalue weighted by molar-refractivity contribution is 6.46. The molecule has 1 aliphatic rings. The van der Waals surface area contributed by atoms with Crippen LogP contribution in [0.3, 0.4) is 0 Å². The fourth-order valence-corrected chi connectivity index (χ4v) is 4.39. The van der Waals surface area contributed by atoms with E-state index < -0.39 is 17.7 Å². The van der Waals surface area contributed by atoms with Gasteiger partial charge in [0.15, 0.2) is 0 Å². The van der Waals surface area contributed by atoms with Gasteiger partial charge in [-0.25, -0.2) is 0 Å². The lowest BCUT2D eigenvalue weighted by Gasteiger charge is -2.26. The number of carbonyl (C=O) groups is 2. The van der Waals surface area contributed by atoms with Crippen LogP contribution in [-0.2, 0) is 21.5 Å². The first-order valence-electron chi connectivity index (χ1n) is 11.5. The van der Waals surface area contributed by atoms with Gasteiger partial charge in [0.25, 0.3) is 11.7 Å². The maximum absolute atomic E-state index is 13.4. The van der Waals surface area contributed by atoms with Gasteiger partial charge in [0.2, 0.25) is 0 Å². The number of hydrogen-bond donors (Lipinski definition) is 1. The normalized spacial score (nSPS) is 17.6. The van der Waals surface area contributed by atoms with Crippen LogP contribution < -0.4 is 4.74 Å². The number of aryl methyl sites for hydroxylation is 1. The van der Waals surface area contributed by atoms with Crippen LogP contribution in [0.2, 0.25) is 0 Å². The summed E-state index contributed by atoms with van der Waals surface area (Å²) in [5.74, 6) is -0.857. The zero-order chi connectivity index (χ0) is 25.3. The third-order valence-electron chi connectivity index (χ3n) is 6.41. The molecule has 3 aromatic rings. The molecule has 2 aromatic carbocycles. The van der Waals surface area contributed by atoms with Crippen molar-refractivity contribution in [2.24, 2.45) is 0 Å². The summed E-state index contributed by atoms with van der Waals surface area (Å²) in [5, 5.41) is 11.5. The molecule has 0 spiro atoms. The Balaban J connectivity index is 1.88. The number of rotatable bonds is 5. The topological polar surface area (TPSA) is 79.7 Å². The Morgan fingerprint density at radius 3 is 2.43 bits per heavy atom. The number of likely N-dealkylation sites (tertiary alicyclic amines) is 1. The number of carbonyl (C=O) groups excluding carboxylic acids is 2. The largest absolute Gasteiger partial charge is 0.507 e. The van der Waals surface area contributed by atoms with Crippen molar-refractivity contribution in [2.75, 3.05) is 7.11 Å². The summed E-state index contributed by atoms with van der Waals surface area (Å²) in [6, 6.07) is 16.0. The zero-order valence-corrected chi connectivity index (χ0v) is 20.7. The summed E-state index contributed by atoms with van der Waals surface area (Å²) >= 11 is 0. The predicted molar refractivity (Wildman–Crippen MR) is 135 cm³/mol. The van der Waals surface area contributed by atoms with E-state index in [1.54, 1.807) is 31.6 Å². The van der Waals surface area contributed by atoms with Gasteiger partial charge in [-0.1, -0.05) is 45.0 Å². The summed E-state index contributed by atoms with van der Waals surface area (Å²) in [6.45, 7) is 8.34. The van der Waals surface area contributed by atoms with Crippen molar-refractivity contribution in [2.45, 2.75) is 45.7 Å². The van der Waals surface area contributed by atoms with Crippen LogP contribution in [0.1, 0.15) is 54.6 Å². The lowest BCUT2D eigenvalue weighted by atomic mass is 9.84. The van der Waals surface area contributed by atoms with Crippen LogP contribution in [0, 0.1) is 6.92 Å². The number of aromatic nitrogens is 1. The van der Waals surface area contributed by atoms with Crippen LogP contribution in [0.15, 0.2) is 72.6 Å². The molecular formula is C29H30N2O4. The Hall–Kier alpha value is -3.93. The van der Waals surface area contributed by atoms with Crippen LogP contribution >= 0.6 is 0 Å². The van der Waals surface area contributed by atoms with E-state index in [-0.39, 0.29) is 23.3 Å². The molecule has 0 saturated carbocycles.